The number of aromatic amines is 1. The Kier molecular flexibility index (Phi) is 3.84. The first-order valence-corrected chi connectivity index (χ1v) is 6.13. The van der Waals surface area contributed by atoms with Crippen molar-refractivity contribution in [3.05, 3.63) is 30.6 Å². The minimum atomic E-state index is -1.79. The molecular weight excluding hydrogens is 362 g/mol. The van der Waals surface area contributed by atoms with Gasteiger partial charge in [-0.05, 0) is 22.6 Å². The molecule has 1 aromatic heterocycles. The highest BCUT2D eigenvalue weighted by Crippen LogP contribution is 2.30. The quantitative estimate of drug-likeness (QED) is 0.562. The molecule has 0 saturated carbocycles. The number of aliphatic hydroxyl groups is 2. The maximum absolute atomic E-state index is 13.5. The summed E-state index contributed by atoms with van der Waals surface area (Å²) >= 11 is 1.70. The van der Waals surface area contributed by atoms with Crippen molar-refractivity contribution >= 4 is 22.6 Å². The Balaban J connectivity index is 2.42. The molecule has 1 aromatic rings. The zero-order valence-electron chi connectivity index (χ0n) is 8.92. The standard InChI is InChI=1S/C9H10FIN2O5/c10-5-4(2-14)18-8(6(5)15)13-1-3(11)7(16)12-9(13)17/h1,4-6,8,14-15H,2H2,(H,12,16,17)/t4-,5-,6-,8-/m1/s1. The number of aliphatic hydroxyl groups excluding tert-OH is 2. The SMILES string of the molecule is O=c1[nH]c(=O)n([C@@H]2O[C@H](CO)[C@@H](F)[C@H]2O)cc1I. The summed E-state index contributed by atoms with van der Waals surface area (Å²) < 4.78 is 19.7. The molecule has 0 spiro atoms. The highest BCUT2D eigenvalue weighted by atomic mass is 127. The predicted octanol–water partition coefficient (Wildman–Crippen LogP) is -1.27. The van der Waals surface area contributed by atoms with Gasteiger partial charge in [0.05, 0.1) is 10.2 Å². The molecule has 100 valence electrons. The molecule has 9 heteroatoms. The third-order valence-electron chi connectivity index (χ3n) is 2.67. The number of nitrogens with one attached hydrogen (secondary N) is 1. The van der Waals surface area contributed by atoms with E-state index < -0.39 is 42.5 Å². The van der Waals surface area contributed by atoms with Crippen molar-refractivity contribution in [2.45, 2.75) is 24.6 Å². The van der Waals surface area contributed by atoms with Crippen LogP contribution in [0.1, 0.15) is 6.23 Å². The van der Waals surface area contributed by atoms with Gasteiger partial charge in [0.15, 0.2) is 12.4 Å². The van der Waals surface area contributed by atoms with E-state index in [4.69, 9.17) is 9.84 Å². The van der Waals surface area contributed by atoms with Gasteiger partial charge in [-0.3, -0.25) is 14.3 Å². The van der Waals surface area contributed by atoms with E-state index in [0.717, 1.165) is 4.57 Å². The number of halogens is 2. The van der Waals surface area contributed by atoms with Gasteiger partial charge in [0.25, 0.3) is 5.56 Å². The molecule has 1 aliphatic heterocycles. The van der Waals surface area contributed by atoms with E-state index in [1.54, 1.807) is 22.6 Å². The summed E-state index contributed by atoms with van der Waals surface area (Å²) in [7, 11) is 0. The van der Waals surface area contributed by atoms with Gasteiger partial charge >= 0.3 is 5.69 Å². The van der Waals surface area contributed by atoms with Crippen LogP contribution in [0.3, 0.4) is 0 Å². The molecule has 4 atom stereocenters. The maximum atomic E-state index is 13.5. The Morgan fingerprint density at radius 2 is 2.22 bits per heavy atom. The molecule has 1 fully saturated rings. The molecule has 0 aromatic carbocycles. The summed E-state index contributed by atoms with van der Waals surface area (Å²) in [5.41, 5.74) is -1.38. The molecular formula is C9H10FIN2O5. The van der Waals surface area contributed by atoms with Gasteiger partial charge in [-0.25, -0.2) is 9.18 Å². The molecule has 0 unspecified atom stereocenters. The molecule has 0 bridgehead atoms. The predicted molar refractivity (Wildman–Crippen MR) is 65.9 cm³/mol. The second-order valence-corrected chi connectivity index (χ2v) is 4.99. The topological polar surface area (TPSA) is 105 Å². The first-order valence-electron chi connectivity index (χ1n) is 5.05. The second-order valence-electron chi connectivity index (χ2n) is 3.83. The van der Waals surface area contributed by atoms with Crippen LogP contribution in [0.2, 0.25) is 0 Å². The summed E-state index contributed by atoms with van der Waals surface area (Å²) in [6, 6.07) is 0. The van der Waals surface area contributed by atoms with Crippen molar-refractivity contribution in [2.24, 2.45) is 0 Å². The molecule has 2 heterocycles. The zero-order valence-corrected chi connectivity index (χ0v) is 11.1. The maximum Gasteiger partial charge on any atom is 0.330 e. The summed E-state index contributed by atoms with van der Waals surface area (Å²) in [6.07, 6.45) is -4.67. The van der Waals surface area contributed by atoms with Gasteiger partial charge < -0.3 is 14.9 Å². The van der Waals surface area contributed by atoms with Crippen LogP contribution >= 0.6 is 22.6 Å². The van der Waals surface area contributed by atoms with Crippen LogP contribution in [0.15, 0.2) is 15.8 Å². The molecule has 18 heavy (non-hydrogen) atoms. The Morgan fingerprint density at radius 3 is 2.78 bits per heavy atom. The number of H-pyrrole nitrogens is 1. The number of alkyl halides is 1. The second kappa shape index (κ2) is 5.07. The number of nitrogens with zero attached hydrogens (tertiary/aromatic N) is 1. The number of hydrogen-bond donors (Lipinski definition) is 3. The lowest BCUT2D eigenvalue weighted by molar-refractivity contribution is -0.0539. The van der Waals surface area contributed by atoms with Crippen molar-refractivity contribution in [3.8, 4) is 0 Å². The number of rotatable bonds is 2. The molecule has 7 nitrogen and oxygen atoms in total. The molecule has 0 aliphatic carbocycles. The number of aromatic nitrogens is 2. The molecule has 2 rings (SSSR count). The fraction of sp³-hybridized carbons (Fsp3) is 0.556. The van der Waals surface area contributed by atoms with Crippen molar-refractivity contribution in [1.82, 2.24) is 9.55 Å². The average molecular weight is 372 g/mol. The van der Waals surface area contributed by atoms with E-state index in [1.165, 1.54) is 6.20 Å². The fourth-order valence-electron chi connectivity index (χ4n) is 1.74. The Labute approximate surface area is 113 Å². The third-order valence-corrected chi connectivity index (χ3v) is 3.43. The molecule has 1 aliphatic rings. The van der Waals surface area contributed by atoms with Gasteiger partial charge in [-0.2, -0.15) is 0 Å². The minimum absolute atomic E-state index is 0.200. The monoisotopic (exact) mass is 372 g/mol. The van der Waals surface area contributed by atoms with E-state index in [9.17, 15) is 19.1 Å². The normalized spacial score (nSPS) is 31.8. The Bertz CT molecular complexity index is 559. The van der Waals surface area contributed by atoms with Crippen molar-refractivity contribution in [3.63, 3.8) is 0 Å². The number of ether oxygens (including phenoxy) is 1. The fourth-order valence-corrected chi connectivity index (χ4v) is 2.17. The van der Waals surface area contributed by atoms with Crippen LogP contribution in [0.25, 0.3) is 0 Å². The smallest absolute Gasteiger partial charge is 0.330 e. The van der Waals surface area contributed by atoms with Crippen LogP contribution in [0.4, 0.5) is 4.39 Å². The van der Waals surface area contributed by atoms with E-state index in [0.29, 0.717) is 0 Å². The summed E-state index contributed by atoms with van der Waals surface area (Å²) in [5, 5.41) is 18.5. The lowest BCUT2D eigenvalue weighted by Gasteiger charge is -2.16. The molecule has 3 N–H and O–H groups in total. The third kappa shape index (κ3) is 2.22. The van der Waals surface area contributed by atoms with Crippen LogP contribution in [-0.2, 0) is 4.74 Å². The highest BCUT2D eigenvalue weighted by molar-refractivity contribution is 14.1. The van der Waals surface area contributed by atoms with Crippen molar-refractivity contribution in [2.75, 3.05) is 6.61 Å². The summed E-state index contributed by atoms with van der Waals surface area (Å²) in [6.45, 7) is -0.607. The molecule has 0 radical (unpaired) electrons. The van der Waals surface area contributed by atoms with Crippen LogP contribution in [0.5, 0.6) is 0 Å². The minimum Gasteiger partial charge on any atom is -0.394 e. The van der Waals surface area contributed by atoms with E-state index in [-0.39, 0.29) is 3.57 Å². The van der Waals surface area contributed by atoms with Gasteiger partial charge in [0.1, 0.15) is 12.2 Å². The Morgan fingerprint density at radius 1 is 1.56 bits per heavy atom. The van der Waals surface area contributed by atoms with Crippen LogP contribution in [0, 0.1) is 3.57 Å². The van der Waals surface area contributed by atoms with Crippen molar-refractivity contribution in [1.29, 1.82) is 0 Å². The van der Waals surface area contributed by atoms with Crippen molar-refractivity contribution < 1.29 is 19.3 Å². The molecule has 1 saturated heterocycles. The van der Waals surface area contributed by atoms with Gasteiger partial charge in [-0.1, -0.05) is 0 Å². The number of hydrogen-bond acceptors (Lipinski definition) is 5. The van der Waals surface area contributed by atoms with E-state index >= 15 is 0 Å². The zero-order chi connectivity index (χ0) is 13.4. The first kappa shape index (κ1) is 13.6. The van der Waals surface area contributed by atoms with Crippen LogP contribution < -0.4 is 11.2 Å². The molecule has 0 amide bonds. The summed E-state index contributed by atoms with van der Waals surface area (Å²) in [5.74, 6) is 0. The Hall–Kier alpha value is -0.780. The lowest BCUT2D eigenvalue weighted by Crippen LogP contribution is -2.37. The van der Waals surface area contributed by atoms with Gasteiger partial charge in [0, 0.05) is 6.20 Å². The largest absolute Gasteiger partial charge is 0.394 e. The van der Waals surface area contributed by atoms with E-state index in [1.807, 2.05) is 4.98 Å². The first-order chi connectivity index (χ1) is 8.45. The van der Waals surface area contributed by atoms with Crippen LogP contribution in [-0.4, -0.2) is 44.8 Å². The summed E-state index contributed by atoms with van der Waals surface area (Å²) in [4.78, 5) is 24.8. The van der Waals surface area contributed by atoms with Gasteiger partial charge in [0.2, 0.25) is 0 Å². The lowest BCUT2D eigenvalue weighted by atomic mass is 10.1. The van der Waals surface area contributed by atoms with Gasteiger partial charge in [-0.15, -0.1) is 0 Å². The highest BCUT2D eigenvalue weighted by Gasteiger charge is 2.45. The van der Waals surface area contributed by atoms with E-state index in [2.05, 4.69) is 0 Å². The average Bonchev–Trinajstić information content (AvgIpc) is 2.61.